The first-order valence-corrected chi connectivity index (χ1v) is 5.76. The lowest BCUT2D eigenvalue weighted by Crippen LogP contribution is -2.16. The monoisotopic (exact) mass is 243 g/mol. The van der Waals surface area contributed by atoms with E-state index < -0.39 is 11.9 Å². The van der Waals surface area contributed by atoms with Gasteiger partial charge in [-0.15, -0.1) is 0 Å². The van der Waals surface area contributed by atoms with E-state index in [1.54, 1.807) is 12.1 Å². The van der Waals surface area contributed by atoms with E-state index in [9.17, 15) is 9.18 Å². The molecule has 0 heterocycles. The van der Waals surface area contributed by atoms with Gasteiger partial charge in [0.25, 0.3) is 0 Å². The minimum Gasteiger partial charge on any atom is -0.324 e. The second-order valence-electron chi connectivity index (χ2n) is 4.12. The Morgan fingerprint density at radius 3 is 2.33 bits per heavy atom. The highest BCUT2D eigenvalue weighted by Crippen LogP contribution is 2.17. The van der Waals surface area contributed by atoms with Crippen LogP contribution in [0, 0.1) is 5.82 Å². The van der Waals surface area contributed by atoms with Gasteiger partial charge in [-0.25, -0.2) is 4.39 Å². The molecule has 3 heteroatoms. The van der Waals surface area contributed by atoms with Gasteiger partial charge in [0.1, 0.15) is 5.82 Å². The smallest absolute Gasteiger partial charge is 0.167 e. The van der Waals surface area contributed by atoms with Gasteiger partial charge in [-0.3, -0.25) is 4.79 Å². The maximum atomic E-state index is 13.4. The minimum absolute atomic E-state index is 0.101. The van der Waals surface area contributed by atoms with Crippen LogP contribution in [-0.2, 0) is 0 Å². The number of nitrogens with two attached hydrogens (primary N) is 1. The zero-order chi connectivity index (χ0) is 13.0. The summed E-state index contributed by atoms with van der Waals surface area (Å²) in [6.45, 7) is 0. The molecule has 0 fully saturated rings. The highest BCUT2D eigenvalue weighted by Gasteiger charge is 2.15. The lowest BCUT2D eigenvalue weighted by atomic mass is 9.98. The molecule has 1 unspecified atom stereocenters. The Morgan fingerprint density at radius 2 is 1.67 bits per heavy atom. The molecule has 2 aromatic rings. The average Bonchev–Trinajstić information content (AvgIpc) is 2.40. The largest absolute Gasteiger partial charge is 0.324 e. The van der Waals surface area contributed by atoms with Crippen molar-refractivity contribution in [3.8, 4) is 0 Å². The molecule has 2 rings (SSSR count). The molecule has 0 amide bonds. The third-order valence-electron chi connectivity index (χ3n) is 2.81. The number of halogens is 1. The number of rotatable bonds is 4. The summed E-state index contributed by atoms with van der Waals surface area (Å²) in [6.07, 6.45) is 0.102. The van der Waals surface area contributed by atoms with Crippen molar-refractivity contribution in [3.05, 3.63) is 71.5 Å². The van der Waals surface area contributed by atoms with E-state index in [-0.39, 0.29) is 17.8 Å². The topological polar surface area (TPSA) is 43.1 Å². The van der Waals surface area contributed by atoms with Crippen molar-refractivity contribution >= 4 is 5.78 Å². The number of hydrogen-bond acceptors (Lipinski definition) is 2. The molecule has 2 aromatic carbocycles. The number of ketones is 1. The van der Waals surface area contributed by atoms with Crippen molar-refractivity contribution in [3.63, 3.8) is 0 Å². The van der Waals surface area contributed by atoms with Gasteiger partial charge in [0.15, 0.2) is 5.78 Å². The highest BCUT2D eigenvalue weighted by atomic mass is 19.1. The summed E-state index contributed by atoms with van der Waals surface area (Å²) in [5.74, 6) is -0.771. The fourth-order valence-corrected chi connectivity index (χ4v) is 1.82. The van der Waals surface area contributed by atoms with E-state index in [1.807, 2.05) is 30.3 Å². The van der Waals surface area contributed by atoms with Gasteiger partial charge in [0, 0.05) is 12.5 Å². The Balaban J connectivity index is 2.11. The summed E-state index contributed by atoms with van der Waals surface area (Å²) in [7, 11) is 0. The number of carbonyl (C=O) groups excluding carboxylic acids is 1. The number of Topliss-reactive ketones (excluding diaryl/α,β-unsaturated/α-hetero) is 1. The summed E-state index contributed by atoms with van der Waals surface area (Å²) >= 11 is 0. The molecule has 92 valence electrons. The van der Waals surface area contributed by atoms with Crippen molar-refractivity contribution in [2.24, 2.45) is 5.73 Å². The molecule has 0 aliphatic carbocycles. The molecule has 0 aliphatic rings. The van der Waals surface area contributed by atoms with Crippen molar-refractivity contribution in [2.45, 2.75) is 12.5 Å². The van der Waals surface area contributed by atoms with Crippen LogP contribution >= 0.6 is 0 Å². The quantitative estimate of drug-likeness (QED) is 0.838. The molecule has 18 heavy (non-hydrogen) atoms. The lowest BCUT2D eigenvalue weighted by molar-refractivity contribution is 0.0970. The van der Waals surface area contributed by atoms with Crippen LogP contribution in [0.5, 0.6) is 0 Å². The lowest BCUT2D eigenvalue weighted by Gasteiger charge is -2.11. The molecule has 0 saturated carbocycles. The Kier molecular flexibility index (Phi) is 3.85. The predicted molar refractivity (Wildman–Crippen MR) is 68.7 cm³/mol. The molecule has 0 aromatic heterocycles. The van der Waals surface area contributed by atoms with Gasteiger partial charge in [-0.2, -0.15) is 0 Å². The molecule has 1 atom stereocenters. The SMILES string of the molecule is NC(CC(=O)c1ccccc1F)c1ccccc1. The van der Waals surface area contributed by atoms with E-state index in [0.29, 0.717) is 0 Å². The van der Waals surface area contributed by atoms with Crippen LogP contribution < -0.4 is 5.73 Å². The van der Waals surface area contributed by atoms with Gasteiger partial charge in [0.05, 0.1) is 5.56 Å². The fraction of sp³-hybridized carbons (Fsp3) is 0.133. The highest BCUT2D eigenvalue weighted by molar-refractivity contribution is 5.96. The molecule has 2 nitrogen and oxygen atoms in total. The second-order valence-corrected chi connectivity index (χ2v) is 4.12. The van der Waals surface area contributed by atoms with E-state index in [2.05, 4.69) is 0 Å². The molecule has 2 N–H and O–H groups in total. The molecule has 0 spiro atoms. The van der Waals surface area contributed by atoms with Crippen LogP contribution in [0.25, 0.3) is 0 Å². The third-order valence-corrected chi connectivity index (χ3v) is 2.81. The number of hydrogen-bond donors (Lipinski definition) is 1. The molecular formula is C15H14FNO. The van der Waals surface area contributed by atoms with Gasteiger partial charge in [0.2, 0.25) is 0 Å². The van der Waals surface area contributed by atoms with Gasteiger partial charge in [-0.1, -0.05) is 42.5 Å². The average molecular weight is 243 g/mol. The maximum absolute atomic E-state index is 13.4. The van der Waals surface area contributed by atoms with E-state index in [4.69, 9.17) is 5.73 Å². The molecule has 0 aliphatic heterocycles. The second kappa shape index (κ2) is 5.56. The van der Waals surface area contributed by atoms with E-state index >= 15 is 0 Å². The third kappa shape index (κ3) is 2.81. The summed E-state index contributed by atoms with van der Waals surface area (Å²) < 4.78 is 13.4. The summed E-state index contributed by atoms with van der Waals surface area (Å²) in [6, 6.07) is 14.9. The summed E-state index contributed by atoms with van der Waals surface area (Å²) in [5, 5.41) is 0. The van der Waals surface area contributed by atoms with Gasteiger partial charge >= 0.3 is 0 Å². The van der Waals surface area contributed by atoms with E-state index in [0.717, 1.165) is 5.56 Å². The number of benzene rings is 2. The fourth-order valence-electron chi connectivity index (χ4n) is 1.82. The molecular weight excluding hydrogens is 229 g/mol. The first-order valence-electron chi connectivity index (χ1n) is 5.76. The van der Waals surface area contributed by atoms with Crippen LogP contribution in [0.3, 0.4) is 0 Å². The Hall–Kier alpha value is -2.00. The zero-order valence-corrected chi connectivity index (χ0v) is 9.84. The standard InChI is InChI=1S/C15H14FNO/c16-13-9-5-4-8-12(13)15(18)10-14(17)11-6-2-1-3-7-11/h1-9,14H,10,17H2. The van der Waals surface area contributed by atoms with Crippen LogP contribution in [0.4, 0.5) is 4.39 Å². The molecule has 0 bridgehead atoms. The molecule has 0 saturated heterocycles. The van der Waals surface area contributed by atoms with Gasteiger partial charge in [-0.05, 0) is 17.7 Å². The van der Waals surface area contributed by atoms with Crippen LogP contribution in [0.2, 0.25) is 0 Å². The van der Waals surface area contributed by atoms with Gasteiger partial charge < -0.3 is 5.73 Å². The van der Waals surface area contributed by atoms with E-state index in [1.165, 1.54) is 12.1 Å². The Morgan fingerprint density at radius 1 is 1.06 bits per heavy atom. The van der Waals surface area contributed by atoms with Crippen molar-refractivity contribution in [1.29, 1.82) is 0 Å². The summed E-state index contributed by atoms with van der Waals surface area (Å²) in [4.78, 5) is 11.9. The number of carbonyl (C=O) groups is 1. The predicted octanol–water partition coefficient (Wildman–Crippen LogP) is 3.10. The minimum atomic E-state index is -0.497. The first kappa shape index (κ1) is 12.5. The maximum Gasteiger partial charge on any atom is 0.167 e. The van der Waals surface area contributed by atoms with Crippen molar-refractivity contribution in [1.82, 2.24) is 0 Å². The van der Waals surface area contributed by atoms with Crippen molar-refractivity contribution in [2.75, 3.05) is 0 Å². The zero-order valence-electron chi connectivity index (χ0n) is 9.84. The first-order chi connectivity index (χ1) is 8.68. The van der Waals surface area contributed by atoms with Crippen LogP contribution in [0.1, 0.15) is 28.4 Å². The van der Waals surface area contributed by atoms with Crippen molar-refractivity contribution < 1.29 is 9.18 Å². The Labute approximate surface area is 105 Å². The normalized spacial score (nSPS) is 12.1. The summed E-state index contributed by atoms with van der Waals surface area (Å²) in [5.41, 5.74) is 6.92. The van der Waals surface area contributed by atoms with Crippen LogP contribution in [0.15, 0.2) is 54.6 Å². The Bertz CT molecular complexity index is 539. The van der Waals surface area contributed by atoms with Crippen LogP contribution in [-0.4, -0.2) is 5.78 Å². The molecule has 0 radical (unpaired) electrons.